The molecule has 1 aromatic heterocycles. The summed E-state index contributed by atoms with van der Waals surface area (Å²) in [7, 11) is -3.49. The van der Waals surface area contributed by atoms with Crippen LogP contribution >= 0.6 is 0 Å². The average molecular weight is 558 g/mol. The maximum atomic E-state index is 13.0. The first-order valence-corrected chi connectivity index (χ1v) is 14.9. The van der Waals surface area contributed by atoms with Gasteiger partial charge in [0, 0.05) is 63.8 Å². The Bertz CT molecular complexity index is 1560. The molecule has 1 saturated heterocycles. The van der Waals surface area contributed by atoms with Crippen LogP contribution in [-0.2, 0) is 29.7 Å². The Hall–Kier alpha value is -3.79. The van der Waals surface area contributed by atoms with E-state index >= 15 is 0 Å². The lowest BCUT2D eigenvalue weighted by molar-refractivity contribution is 0.0950. The fraction of sp³-hybridized carbons (Fsp3) is 0.290. The Balaban J connectivity index is 1.12. The summed E-state index contributed by atoms with van der Waals surface area (Å²) in [5, 5.41) is 3.02. The molecule has 1 N–H and O–H groups in total. The number of amides is 1. The molecule has 1 aliphatic rings. The van der Waals surface area contributed by atoms with E-state index in [1.54, 1.807) is 22.6 Å². The van der Waals surface area contributed by atoms with Gasteiger partial charge in [0.1, 0.15) is 5.82 Å². The fourth-order valence-corrected chi connectivity index (χ4v) is 6.29. The highest BCUT2D eigenvalue weighted by molar-refractivity contribution is 7.89. The van der Waals surface area contributed by atoms with Crippen LogP contribution in [0.3, 0.4) is 0 Å². The lowest BCUT2D eigenvalue weighted by Gasteiger charge is -2.34. The number of nitrogens with one attached hydrogen (secondary N) is 1. The number of carbonyl (C=O) groups excluding carboxylic acids is 1. The van der Waals surface area contributed by atoms with Crippen LogP contribution in [0, 0.1) is 13.8 Å². The number of piperazine rings is 1. The van der Waals surface area contributed by atoms with E-state index in [2.05, 4.69) is 31.9 Å². The van der Waals surface area contributed by atoms with Gasteiger partial charge in [-0.1, -0.05) is 54.1 Å². The van der Waals surface area contributed by atoms with Crippen LogP contribution in [0.15, 0.2) is 90.1 Å². The summed E-state index contributed by atoms with van der Waals surface area (Å²) >= 11 is 0. The Morgan fingerprint density at radius 2 is 1.55 bits per heavy atom. The summed E-state index contributed by atoms with van der Waals surface area (Å²) in [5.74, 6) is 0.862. The molecule has 40 heavy (non-hydrogen) atoms. The SMILES string of the molecule is Cc1ccc(S(=O)(=O)N2CCN(Cc3cccc(C(=O)NCc4ccc(Cn5ccnc5C)cc4)c3)CC2)cc1. The minimum atomic E-state index is -3.49. The van der Waals surface area contributed by atoms with Crippen LogP contribution < -0.4 is 5.32 Å². The molecular formula is C31H35N5O3S. The van der Waals surface area contributed by atoms with Crippen molar-refractivity contribution in [2.45, 2.75) is 38.4 Å². The van der Waals surface area contributed by atoms with Crippen molar-refractivity contribution in [1.82, 2.24) is 24.1 Å². The lowest BCUT2D eigenvalue weighted by Crippen LogP contribution is -2.48. The highest BCUT2D eigenvalue weighted by atomic mass is 32.2. The molecule has 208 valence electrons. The number of nitrogens with zero attached hydrogens (tertiary/aromatic N) is 4. The minimum absolute atomic E-state index is 0.117. The summed E-state index contributed by atoms with van der Waals surface area (Å²) in [6.07, 6.45) is 3.77. The van der Waals surface area contributed by atoms with E-state index in [-0.39, 0.29) is 5.91 Å². The van der Waals surface area contributed by atoms with Gasteiger partial charge < -0.3 is 9.88 Å². The zero-order chi connectivity index (χ0) is 28.1. The van der Waals surface area contributed by atoms with Crippen molar-refractivity contribution in [2.75, 3.05) is 26.2 Å². The second-order valence-electron chi connectivity index (χ2n) is 10.3. The van der Waals surface area contributed by atoms with Gasteiger partial charge in [0.15, 0.2) is 0 Å². The van der Waals surface area contributed by atoms with Gasteiger partial charge in [0.25, 0.3) is 5.91 Å². The van der Waals surface area contributed by atoms with E-state index in [1.807, 2.05) is 68.6 Å². The molecule has 0 saturated carbocycles. The lowest BCUT2D eigenvalue weighted by atomic mass is 10.1. The van der Waals surface area contributed by atoms with Crippen molar-refractivity contribution in [1.29, 1.82) is 0 Å². The highest BCUT2D eigenvalue weighted by Gasteiger charge is 2.28. The molecule has 8 nitrogen and oxygen atoms in total. The first-order chi connectivity index (χ1) is 19.3. The molecule has 0 bridgehead atoms. The van der Waals surface area contributed by atoms with Crippen molar-refractivity contribution >= 4 is 15.9 Å². The van der Waals surface area contributed by atoms with E-state index in [4.69, 9.17) is 0 Å². The van der Waals surface area contributed by atoms with Crippen LogP contribution in [0.1, 0.15) is 38.4 Å². The molecule has 3 aromatic carbocycles. The molecule has 1 fully saturated rings. The minimum Gasteiger partial charge on any atom is -0.348 e. The number of imidazole rings is 1. The summed E-state index contributed by atoms with van der Waals surface area (Å²) in [4.78, 5) is 19.7. The van der Waals surface area contributed by atoms with Crippen molar-refractivity contribution in [3.05, 3.63) is 119 Å². The third-order valence-corrected chi connectivity index (χ3v) is 9.25. The molecule has 4 aromatic rings. The Labute approximate surface area is 236 Å². The predicted octanol–water partition coefficient (Wildman–Crippen LogP) is 3.98. The van der Waals surface area contributed by atoms with Gasteiger partial charge in [0.05, 0.1) is 4.90 Å². The monoisotopic (exact) mass is 557 g/mol. The van der Waals surface area contributed by atoms with E-state index < -0.39 is 10.0 Å². The normalized spacial score (nSPS) is 14.8. The van der Waals surface area contributed by atoms with Crippen molar-refractivity contribution in [3.8, 4) is 0 Å². The molecule has 0 unspecified atom stereocenters. The molecule has 1 amide bonds. The highest BCUT2D eigenvalue weighted by Crippen LogP contribution is 2.19. The second-order valence-corrected chi connectivity index (χ2v) is 12.2. The van der Waals surface area contributed by atoms with Crippen LogP contribution in [0.25, 0.3) is 0 Å². The summed E-state index contributed by atoms with van der Waals surface area (Å²) in [6, 6.07) is 22.9. The van der Waals surface area contributed by atoms with Crippen molar-refractivity contribution < 1.29 is 13.2 Å². The molecule has 9 heteroatoms. The molecule has 0 aliphatic carbocycles. The van der Waals surface area contributed by atoms with Crippen LogP contribution in [0.5, 0.6) is 0 Å². The van der Waals surface area contributed by atoms with Gasteiger partial charge in [0.2, 0.25) is 10.0 Å². The van der Waals surface area contributed by atoms with Gasteiger partial charge in [-0.3, -0.25) is 9.69 Å². The molecule has 0 spiro atoms. The average Bonchev–Trinajstić information content (AvgIpc) is 3.37. The van der Waals surface area contributed by atoms with Gasteiger partial charge in [-0.05, 0) is 54.8 Å². The summed E-state index contributed by atoms with van der Waals surface area (Å²) < 4.78 is 29.7. The smallest absolute Gasteiger partial charge is 0.251 e. The number of sulfonamides is 1. The Morgan fingerprint density at radius 1 is 0.850 bits per heavy atom. The standard InChI is InChI=1S/C31H35N5O3S/c1-24-6-12-30(13-7-24)40(38,39)36-18-16-34(17-19-36)22-28-4-3-5-29(20-28)31(37)33-21-26-8-10-27(11-9-26)23-35-15-14-32-25(35)2/h3-15,20H,16-19,21-23H2,1-2H3,(H,33,37). The second kappa shape index (κ2) is 12.2. The van der Waals surface area contributed by atoms with Crippen molar-refractivity contribution in [2.24, 2.45) is 0 Å². The summed E-state index contributed by atoms with van der Waals surface area (Å²) in [5.41, 5.74) is 4.89. The zero-order valence-electron chi connectivity index (χ0n) is 23.0. The molecule has 5 rings (SSSR count). The molecule has 0 radical (unpaired) electrons. The fourth-order valence-electron chi connectivity index (χ4n) is 4.87. The van der Waals surface area contributed by atoms with Crippen LogP contribution in [0.2, 0.25) is 0 Å². The maximum absolute atomic E-state index is 13.0. The number of hydrogen-bond acceptors (Lipinski definition) is 5. The van der Waals surface area contributed by atoms with Crippen LogP contribution in [0.4, 0.5) is 0 Å². The van der Waals surface area contributed by atoms with E-state index in [1.165, 1.54) is 5.56 Å². The molecule has 1 aliphatic heterocycles. The zero-order valence-corrected chi connectivity index (χ0v) is 23.8. The van der Waals surface area contributed by atoms with Crippen LogP contribution in [-0.4, -0.2) is 59.3 Å². The Kier molecular flexibility index (Phi) is 8.44. The number of hydrogen-bond donors (Lipinski definition) is 1. The van der Waals surface area contributed by atoms with E-state index in [0.717, 1.165) is 29.1 Å². The largest absolute Gasteiger partial charge is 0.348 e. The van der Waals surface area contributed by atoms with Gasteiger partial charge >= 0.3 is 0 Å². The van der Waals surface area contributed by atoms with E-state index in [9.17, 15) is 13.2 Å². The van der Waals surface area contributed by atoms with Crippen molar-refractivity contribution in [3.63, 3.8) is 0 Å². The first-order valence-electron chi connectivity index (χ1n) is 13.5. The number of benzene rings is 3. The third kappa shape index (κ3) is 6.67. The quantitative estimate of drug-likeness (QED) is 0.336. The third-order valence-electron chi connectivity index (χ3n) is 7.34. The molecule has 2 heterocycles. The maximum Gasteiger partial charge on any atom is 0.251 e. The number of aryl methyl sites for hydroxylation is 2. The number of carbonyl (C=O) groups is 1. The van der Waals surface area contributed by atoms with Gasteiger partial charge in [-0.15, -0.1) is 0 Å². The predicted molar refractivity (Wildman–Crippen MR) is 155 cm³/mol. The van der Waals surface area contributed by atoms with Gasteiger partial charge in [-0.2, -0.15) is 4.31 Å². The van der Waals surface area contributed by atoms with E-state index in [0.29, 0.717) is 49.7 Å². The topological polar surface area (TPSA) is 87.5 Å². The molecule has 0 atom stereocenters. The molecular weight excluding hydrogens is 522 g/mol. The number of rotatable bonds is 9. The van der Waals surface area contributed by atoms with Gasteiger partial charge in [-0.25, -0.2) is 13.4 Å². The first kappa shape index (κ1) is 27.8. The summed E-state index contributed by atoms with van der Waals surface area (Å²) in [6.45, 7) is 7.96. The Morgan fingerprint density at radius 3 is 2.23 bits per heavy atom. The number of aromatic nitrogens is 2.